The van der Waals surface area contributed by atoms with Crippen LogP contribution in [0.2, 0.25) is 5.02 Å². The van der Waals surface area contributed by atoms with Crippen LogP contribution < -0.4 is 10.2 Å². The van der Waals surface area contributed by atoms with Crippen LogP contribution in [-0.4, -0.2) is 56.7 Å². The number of benzene rings is 1. The molecule has 0 bridgehead atoms. The standard InChI is InChI=1S/C17H24ClN3O2/c1-20-7-9-21(10-8-20)15-5-2-4-14(18)13(15)12-19-17(22)16-6-3-11-23-16/h2,4-5,16H,3,6-12H2,1H3,(H,19,22)/t16-/m0/s1. The number of nitrogens with zero attached hydrogens (tertiary/aromatic N) is 2. The Morgan fingerprint density at radius 2 is 2.13 bits per heavy atom. The predicted molar refractivity (Wildman–Crippen MR) is 92.0 cm³/mol. The van der Waals surface area contributed by atoms with E-state index in [4.69, 9.17) is 16.3 Å². The topological polar surface area (TPSA) is 44.8 Å². The third kappa shape index (κ3) is 3.97. The average Bonchev–Trinajstić information content (AvgIpc) is 3.08. The number of hydrogen-bond donors (Lipinski definition) is 1. The first-order valence-corrected chi connectivity index (χ1v) is 8.63. The van der Waals surface area contributed by atoms with Crippen LogP contribution in [0, 0.1) is 0 Å². The number of amides is 1. The van der Waals surface area contributed by atoms with Crippen molar-refractivity contribution in [2.24, 2.45) is 0 Å². The Morgan fingerprint density at radius 3 is 2.83 bits per heavy atom. The highest BCUT2D eigenvalue weighted by atomic mass is 35.5. The molecule has 0 aromatic heterocycles. The SMILES string of the molecule is CN1CCN(c2cccc(Cl)c2CNC(=O)[C@@H]2CCCO2)CC1. The lowest BCUT2D eigenvalue weighted by Gasteiger charge is -2.35. The molecule has 2 aliphatic heterocycles. The van der Waals surface area contributed by atoms with Gasteiger partial charge in [0.15, 0.2) is 0 Å². The third-order valence-corrected chi connectivity index (χ3v) is 4.95. The number of rotatable bonds is 4. The van der Waals surface area contributed by atoms with Crippen LogP contribution in [0.5, 0.6) is 0 Å². The van der Waals surface area contributed by atoms with E-state index in [2.05, 4.69) is 28.2 Å². The molecule has 0 spiro atoms. The minimum Gasteiger partial charge on any atom is -0.369 e. The van der Waals surface area contributed by atoms with Crippen molar-refractivity contribution in [2.45, 2.75) is 25.5 Å². The summed E-state index contributed by atoms with van der Waals surface area (Å²) in [5.41, 5.74) is 2.11. The van der Waals surface area contributed by atoms with Gasteiger partial charge in [0.05, 0.1) is 0 Å². The zero-order valence-corrected chi connectivity index (χ0v) is 14.3. The highest BCUT2D eigenvalue weighted by Crippen LogP contribution is 2.28. The molecular formula is C17H24ClN3O2. The molecule has 2 heterocycles. The molecule has 23 heavy (non-hydrogen) atoms. The number of likely N-dealkylation sites (N-methyl/N-ethyl adjacent to an activating group) is 1. The summed E-state index contributed by atoms with van der Waals surface area (Å²) in [5.74, 6) is -0.0354. The second-order valence-corrected chi connectivity index (χ2v) is 6.65. The second kappa shape index (κ2) is 7.51. The molecule has 0 saturated carbocycles. The van der Waals surface area contributed by atoms with E-state index in [1.165, 1.54) is 0 Å². The van der Waals surface area contributed by atoms with Crippen molar-refractivity contribution in [2.75, 3.05) is 44.7 Å². The van der Waals surface area contributed by atoms with Crippen LogP contribution in [0.3, 0.4) is 0 Å². The summed E-state index contributed by atoms with van der Waals surface area (Å²) in [4.78, 5) is 16.8. The van der Waals surface area contributed by atoms with E-state index < -0.39 is 0 Å². The Hall–Kier alpha value is -1.30. The molecule has 126 valence electrons. The van der Waals surface area contributed by atoms with Crippen LogP contribution in [0.1, 0.15) is 18.4 Å². The lowest BCUT2D eigenvalue weighted by Crippen LogP contribution is -2.45. The molecule has 2 fully saturated rings. The molecular weight excluding hydrogens is 314 g/mol. The number of nitrogens with one attached hydrogen (secondary N) is 1. The Kier molecular flexibility index (Phi) is 5.41. The summed E-state index contributed by atoms with van der Waals surface area (Å²) in [6.07, 6.45) is 1.46. The number of anilines is 1. The van der Waals surface area contributed by atoms with E-state index in [9.17, 15) is 4.79 Å². The highest BCUT2D eigenvalue weighted by Gasteiger charge is 2.24. The summed E-state index contributed by atoms with van der Waals surface area (Å²) in [6, 6.07) is 5.95. The van der Waals surface area contributed by atoms with E-state index in [0.717, 1.165) is 50.3 Å². The average molecular weight is 338 g/mol. The van der Waals surface area contributed by atoms with Gasteiger partial charge in [-0.1, -0.05) is 17.7 Å². The third-order valence-electron chi connectivity index (χ3n) is 4.60. The lowest BCUT2D eigenvalue weighted by atomic mass is 10.1. The van der Waals surface area contributed by atoms with E-state index in [1.807, 2.05) is 12.1 Å². The minimum absolute atomic E-state index is 0.0354. The largest absolute Gasteiger partial charge is 0.369 e. The molecule has 3 rings (SSSR count). The smallest absolute Gasteiger partial charge is 0.249 e. The molecule has 6 heteroatoms. The zero-order chi connectivity index (χ0) is 16.2. The Labute approximate surface area is 142 Å². The van der Waals surface area contributed by atoms with Crippen LogP contribution in [-0.2, 0) is 16.1 Å². The van der Waals surface area contributed by atoms with Crippen LogP contribution in [0.4, 0.5) is 5.69 Å². The van der Waals surface area contributed by atoms with Gasteiger partial charge >= 0.3 is 0 Å². The van der Waals surface area contributed by atoms with Crippen LogP contribution >= 0.6 is 11.6 Å². The molecule has 1 atom stereocenters. The Balaban J connectivity index is 1.69. The van der Waals surface area contributed by atoms with Crippen molar-refractivity contribution in [3.8, 4) is 0 Å². The molecule has 2 aliphatic rings. The van der Waals surface area contributed by atoms with Gasteiger partial charge < -0.3 is 19.9 Å². The fraction of sp³-hybridized carbons (Fsp3) is 0.588. The molecule has 2 saturated heterocycles. The van der Waals surface area contributed by atoms with Crippen molar-refractivity contribution in [3.63, 3.8) is 0 Å². The van der Waals surface area contributed by atoms with Gasteiger partial charge in [-0.25, -0.2) is 0 Å². The van der Waals surface area contributed by atoms with Gasteiger partial charge in [-0.3, -0.25) is 4.79 Å². The predicted octanol–water partition coefficient (Wildman–Crippen LogP) is 1.89. The van der Waals surface area contributed by atoms with E-state index in [1.54, 1.807) is 0 Å². The minimum atomic E-state index is -0.301. The molecule has 1 amide bonds. The maximum absolute atomic E-state index is 12.2. The number of piperazine rings is 1. The maximum atomic E-state index is 12.2. The summed E-state index contributed by atoms with van der Waals surface area (Å²) in [7, 11) is 2.14. The maximum Gasteiger partial charge on any atom is 0.249 e. The normalized spacial score (nSPS) is 22.3. The molecule has 1 N–H and O–H groups in total. The first-order valence-electron chi connectivity index (χ1n) is 8.25. The van der Waals surface area contributed by atoms with Gasteiger partial charge in [0.2, 0.25) is 5.91 Å². The van der Waals surface area contributed by atoms with Crippen molar-refractivity contribution in [3.05, 3.63) is 28.8 Å². The Morgan fingerprint density at radius 1 is 1.35 bits per heavy atom. The van der Waals surface area contributed by atoms with Crippen LogP contribution in [0.25, 0.3) is 0 Å². The Bertz CT molecular complexity index is 553. The van der Waals surface area contributed by atoms with E-state index >= 15 is 0 Å². The molecule has 1 aromatic rings. The lowest BCUT2D eigenvalue weighted by molar-refractivity contribution is -0.130. The number of ether oxygens (including phenoxy) is 1. The van der Waals surface area contributed by atoms with Gasteiger partial charge in [0.25, 0.3) is 0 Å². The number of halogens is 1. The fourth-order valence-electron chi connectivity index (χ4n) is 3.14. The van der Waals surface area contributed by atoms with Crippen molar-refractivity contribution >= 4 is 23.2 Å². The first kappa shape index (κ1) is 16.6. The molecule has 0 radical (unpaired) electrons. The van der Waals surface area contributed by atoms with E-state index in [0.29, 0.717) is 18.2 Å². The molecule has 1 aromatic carbocycles. The monoisotopic (exact) mass is 337 g/mol. The second-order valence-electron chi connectivity index (χ2n) is 6.25. The first-order chi connectivity index (χ1) is 11.1. The summed E-state index contributed by atoms with van der Waals surface area (Å²) in [5, 5.41) is 3.69. The van der Waals surface area contributed by atoms with Gasteiger partial charge in [-0.2, -0.15) is 0 Å². The molecule has 5 nitrogen and oxygen atoms in total. The number of carbonyl (C=O) groups is 1. The summed E-state index contributed by atoms with van der Waals surface area (Å²) < 4.78 is 5.43. The number of hydrogen-bond acceptors (Lipinski definition) is 4. The summed E-state index contributed by atoms with van der Waals surface area (Å²) >= 11 is 6.40. The molecule has 0 aliphatic carbocycles. The van der Waals surface area contributed by atoms with Gasteiger partial charge in [-0.15, -0.1) is 0 Å². The summed E-state index contributed by atoms with van der Waals surface area (Å²) in [6.45, 7) is 5.15. The van der Waals surface area contributed by atoms with E-state index in [-0.39, 0.29) is 12.0 Å². The van der Waals surface area contributed by atoms with Gasteiger partial charge in [0.1, 0.15) is 6.10 Å². The highest BCUT2D eigenvalue weighted by molar-refractivity contribution is 6.31. The zero-order valence-electron chi connectivity index (χ0n) is 13.6. The fourth-order valence-corrected chi connectivity index (χ4v) is 3.38. The van der Waals surface area contributed by atoms with Crippen molar-refractivity contribution in [1.29, 1.82) is 0 Å². The van der Waals surface area contributed by atoms with Gasteiger partial charge in [-0.05, 0) is 32.0 Å². The van der Waals surface area contributed by atoms with Crippen LogP contribution in [0.15, 0.2) is 18.2 Å². The van der Waals surface area contributed by atoms with Gasteiger partial charge in [0, 0.05) is 55.6 Å². The number of carbonyl (C=O) groups excluding carboxylic acids is 1. The molecule has 0 unspecified atom stereocenters. The quantitative estimate of drug-likeness (QED) is 0.911. The van der Waals surface area contributed by atoms with Crippen molar-refractivity contribution in [1.82, 2.24) is 10.2 Å². The van der Waals surface area contributed by atoms with Crippen molar-refractivity contribution < 1.29 is 9.53 Å².